The van der Waals surface area contributed by atoms with Crippen LogP contribution < -0.4 is 0 Å². The predicted octanol–water partition coefficient (Wildman–Crippen LogP) is 2.30. The van der Waals surface area contributed by atoms with Crippen LogP contribution in [0.15, 0.2) is 4.99 Å². The summed E-state index contributed by atoms with van der Waals surface area (Å²) >= 11 is 0. The monoisotopic (exact) mass is 150 g/mol. The van der Waals surface area contributed by atoms with Gasteiger partial charge >= 0.3 is 0 Å². The van der Waals surface area contributed by atoms with E-state index in [4.69, 9.17) is 5.26 Å². The van der Waals surface area contributed by atoms with Crippen LogP contribution >= 0.6 is 0 Å². The van der Waals surface area contributed by atoms with E-state index in [9.17, 15) is 0 Å². The highest BCUT2D eigenvalue weighted by Gasteiger charge is 2.32. The third-order valence-electron chi connectivity index (χ3n) is 2.08. The summed E-state index contributed by atoms with van der Waals surface area (Å²) in [6.45, 7) is 3.91. The highest BCUT2D eigenvalue weighted by Crippen LogP contribution is 2.32. The van der Waals surface area contributed by atoms with Gasteiger partial charge in [-0.2, -0.15) is 5.26 Å². The normalized spacial score (nSPS) is 20.8. The molecule has 1 rings (SSSR count). The molecule has 0 saturated heterocycles. The Balaban J connectivity index is 2.78. The highest BCUT2D eigenvalue weighted by molar-refractivity contribution is 5.79. The Bertz CT molecular complexity index is 200. The van der Waals surface area contributed by atoms with Crippen molar-refractivity contribution < 1.29 is 0 Å². The molecular formula is C9H14N2. The van der Waals surface area contributed by atoms with Gasteiger partial charge in [0.1, 0.15) is 5.54 Å². The van der Waals surface area contributed by atoms with Gasteiger partial charge in [0.2, 0.25) is 0 Å². The molecule has 0 radical (unpaired) electrons. The van der Waals surface area contributed by atoms with Crippen LogP contribution in [0.4, 0.5) is 0 Å². The van der Waals surface area contributed by atoms with E-state index in [1.807, 2.05) is 13.8 Å². The van der Waals surface area contributed by atoms with Crippen LogP contribution in [0.3, 0.4) is 0 Å². The van der Waals surface area contributed by atoms with E-state index >= 15 is 0 Å². The molecule has 0 atom stereocenters. The van der Waals surface area contributed by atoms with Gasteiger partial charge < -0.3 is 0 Å². The van der Waals surface area contributed by atoms with Crippen LogP contribution in [0.5, 0.6) is 0 Å². The molecule has 0 aromatic carbocycles. The van der Waals surface area contributed by atoms with Crippen molar-refractivity contribution in [2.45, 2.75) is 45.1 Å². The van der Waals surface area contributed by atoms with Gasteiger partial charge in [-0.15, -0.1) is 0 Å². The second-order valence-electron chi connectivity index (χ2n) is 3.41. The van der Waals surface area contributed by atoms with Crippen molar-refractivity contribution in [2.75, 3.05) is 0 Å². The molecule has 0 aromatic heterocycles. The minimum absolute atomic E-state index is 0.348. The molecule has 0 unspecified atom stereocenters. The lowest BCUT2D eigenvalue weighted by Gasteiger charge is -2.14. The molecule has 2 nitrogen and oxygen atoms in total. The molecule has 1 saturated carbocycles. The SMILES string of the molecule is CC(C)=NC1(C#N)CCCC1. The Morgan fingerprint density at radius 1 is 1.36 bits per heavy atom. The first-order valence-electron chi connectivity index (χ1n) is 4.13. The summed E-state index contributed by atoms with van der Waals surface area (Å²) in [5.74, 6) is 0. The molecule has 2 heteroatoms. The predicted molar refractivity (Wildman–Crippen MR) is 45.6 cm³/mol. The van der Waals surface area contributed by atoms with Crippen molar-refractivity contribution in [2.24, 2.45) is 4.99 Å². The Labute approximate surface area is 67.9 Å². The summed E-state index contributed by atoms with van der Waals surface area (Å²) in [7, 11) is 0. The van der Waals surface area contributed by atoms with Crippen LogP contribution in [0, 0.1) is 11.3 Å². The average Bonchev–Trinajstić information content (AvgIpc) is 2.36. The van der Waals surface area contributed by atoms with Gasteiger partial charge in [0.05, 0.1) is 6.07 Å². The Morgan fingerprint density at radius 3 is 2.27 bits per heavy atom. The molecule has 0 aromatic rings. The number of aliphatic imine (C=N–C) groups is 1. The van der Waals surface area contributed by atoms with Crippen molar-refractivity contribution in [1.29, 1.82) is 5.26 Å². The Kier molecular flexibility index (Phi) is 2.28. The molecule has 0 amide bonds. The number of nitrogens with zero attached hydrogens (tertiary/aromatic N) is 2. The summed E-state index contributed by atoms with van der Waals surface area (Å²) in [5, 5.41) is 8.91. The molecule has 1 aliphatic carbocycles. The summed E-state index contributed by atoms with van der Waals surface area (Å²) < 4.78 is 0. The first-order chi connectivity index (χ1) is 5.18. The number of hydrogen-bond acceptors (Lipinski definition) is 2. The van der Waals surface area contributed by atoms with Crippen LogP contribution in [0.1, 0.15) is 39.5 Å². The first-order valence-corrected chi connectivity index (χ1v) is 4.13. The topological polar surface area (TPSA) is 36.1 Å². The zero-order valence-corrected chi connectivity index (χ0v) is 7.22. The summed E-state index contributed by atoms with van der Waals surface area (Å²) in [5.41, 5.74) is 0.673. The number of nitriles is 1. The minimum Gasteiger partial charge on any atom is -0.273 e. The molecule has 0 N–H and O–H groups in total. The molecule has 0 bridgehead atoms. The largest absolute Gasteiger partial charge is 0.273 e. The second-order valence-corrected chi connectivity index (χ2v) is 3.41. The Hall–Kier alpha value is -0.840. The summed E-state index contributed by atoms with van der Waals surface area (Å²) in [4.78, 5) is 4.38. The number of rotatable bonds is 1. The quantitative estimate of drug-likeness (QED) is 0.528. The van der Waals surface area contributed by atoms with Crippen molar-refractivity contribution in [3.05, 3.63) is 0 Å². The van der Waals surface area contributed by atoms with Gasteiger partial charge in [0.25, 0.3) is 0 Å². The van der Waals surface area contributed by atoms with Crippen molar-refractivity contribution >= 4 is 5.71 Å². The smallest absolute Gasteiger partial charge is 0.146 e. The van der Waals surface area contributed by atoms with Crippen LogP contribution in [-0.4, -0.2) is 11.3 Å². The number of hydrogen-bond donors (Lipinski definition) is 0. The maximum Gasteiger partial charge on any atom is 0.146 e. The fourth-order valence-corrected chi connectivity index (χ4v) is 1.64. The molecule has 11 heavy (non-hydrogen) atoms. The zero-order valence-electron chi connectivity index (χ0n) is 7.22. The van der Waals surface area contributed by atoms with Gasteiger partial charge in [0.15, 0.2) is 0 Å². The van der Waals surface area contributed by atoms with E-state index in [0.29, 0.717) is 0 Å². The average molecular weight is 150 g/mol. The van der Waals surface area contributed by atoms with Gasteiger partial charge in [-0.25, -0.2) is 0 Å². The van der Waals surface area contributed by atoms with Gasteiger partial charge in [-0.1, -0.05) is 0 Å². The molecule has 0 heterocycles. The van der Waals surface area contributed by atoms with E-state index in [2.05, 4.69) is 11.1 Å². The zero-order chi connectivity index (χ0) is 8.32. The molecule has 1 aliphatic rings. The van der Waals surface area contributed by atoms with Gasteiger partial charge in [-0.05, 0) is 39.5 Å². The lowest BCUT2D eigenvalue weighted by atomic mass is 10.0. The molecule has 0 spiro atoms. The Morgan fingerprint density at radius 2 is 1.91 bits per heavy atom. The van der Waals surface area contributed by atoms with E-state index in [1.165, 1.54) is 0 Å². The van der Waals surface area contributed by atoms with Crippen molar-refractivity contribution in [1.82, 2.24) is 0 Å². The molecule has 0 aliphatic heterocycles. The fourth-order valence-electron chi connectivity index (χ4n) is 1.64. The highest BCUT2D eigenvalue weighted by atomic mass is 14.9. The van der Waals surface area contributed by atoms with Crippen LogP contribution in [-0.2, 0) is 0 Å². The lowest BCUT2D eigenvalue weighted by Crippen LogP contribution is -2.20. The summed E-state index contributed by atoms with van der Waals surface area (Å²) in [6.07, 6.45) is 4.22. The molecule has 1 fully saturated rings. The third-order valence-corrected chi connectivity index (χ3v) is 2.08. The van der Waals surface area contributed by atoms with Crippen molar-refractivity contribution in [3.8, 4) is 6.07 Å². The van der Waals surface area contributed by atoms with E-state index in [-0.39, 0.29) is 5.54 Å². The van der Waals surface area contributed by atoms with Gasteiger partial charge in [0, 0.05) is 5.71 Å². The van der Waals surface area contributed by atoms with E-state index < -0.39 is 0 Å². The van der Waals surface area contributed by atoms with E-state index in [0.717, 1.165) is 31.4 Å². The standard InChI is InChI=1S/C9H14N2/c1-8(2)11-9(7-10)5-3-4-6-9/h3-6H2,1-2H3. The third kappa shape index (κ3) is 1.80. The minimum atomic E-state index is -0.348. The maximum absolute atomic E-state index is 8.91. The van der Waals surface area contributed by atoms with E-state index in [1.54, 1.807) is 0 Å². The second kappa shape index (κ2) is 3.04. The van der Waals surface area contributed by atoms with Crippen LogP contribution in [0.25, 0.3) is 0 Å². The summed E-state index contributed by atoms with van der Waals surface area (Å²) in [6, 6.07) is 2.32. The lowest BCUT2D eigenvalue weighted by molar-refractivity contribution is 0.567. The molecular weight excluding hydrogens is 136 g/mol. The first kappa shape index (κ1) is 8.26. The van der Waals surface area contributed by atoms with Gasteiger partial charge in [-0.3, -0.25) is 4.99 Å². The molecule has 60 valence electrons. The maximum atomic E-state index is 8.91. The van der Waals surface area contributed by atoms with Crippen LogP contribution in [0.2, 0.25) is 0 Å². The van der Waals surface area contributed by atoms with Crippen molar-refractivity contribution in [3.63, 3.8) is 0 Å². The fraction of sp³-hybridized carbons (Fsp3) is 0.778.